The van der Waals surface area contributed by atoms with Crippen molar-refractivity contribution in [3.8, 4) is 5.69 Å². The maximum absolute atomic E-state index is 13.4. The van der Waals surface area contributed by atoms with Crippen molar-refractivity contribution >= 4 is 34.2 Å². The van der Waals surface area contributed by atoms with Crippen molar-refractivity contribution in [1.82, 2.24) is 9.55 Å². The molecule has 5 rings (SSSR count). The number of para-hydroxylation sites is 1. The van der Waals surface area contributed by atoms with E-state index in [1.165, 1.54) is 0 Å². The summed E-state index contributed by atoms with van der Waals surface area (Å²) in [6.07, 6.45) is 4.24. The fourth-order valence-corrected chi connectivity index (χ4v) is 4.60. The third-order valence-corrected chi connectivity index (χ3v) is 6.32. The molecule has 166 valence electrons. The Balaban J connectivity index is 1.67. The molecule has 4 aromatic rings. The van der Waals surface area contributed by atoms with Crippen LogP contribution in [0.15, 0.2) is 71.7 Å². The Morgan fingerprint density at radius 3 is 2.52 bits per heavy atom. The molecular formula is C26H23ClN4O2. The Morgan fingerprint density at radius 1 is 1.03 bits per heavy atom. The van der Waals surface area contributed by atoms with Crippen molar-refractivity contribution in [2.75, 3.05) is 18.0 Å². The number of fused-ring (bicyclic) bond motifs is 1. The summed E-state index contributed by atoms with van der Waals surface area (Å²) in [7, 11) is 0. The first-order valence-corrected chi connectivity index (χ1v) is 11.3. The van der Waals surface area contributed by atoms with Gasteiger partial charge in [0.15, 0.2) is 5.43 Å². The van der Waals surface area contributed by atoms with E-state index in [4.69, 9.17) is 22.3 Å². The van der Waals surface area contributed by atoms with E-state index >= 15 is 0 Å². The van der Waals surface area contributed by atoms with Crippen LogP contribution < -0.4 is 16.1 Å². The van der Waals surface area contributed by atoms with Gasteiger partial charge in [0.05, 0.1) is 16.8 Å². The Labute approximate surface area is 196 Å². The number of hydrogen-bond acceptors (Lipinski definition) is 4. The minimum absolute atomic E-state index is 0.113. The van der Waals surface area contributed by atoms with E-state index in [9.17, 15) is 9.59 Å². The van der Waals surface area contributed by atoms with Crippen LogP contribution in [0.4, 0.5) is 5.82 Å². The molecule has 0 radical (unpaired) electrons. The van der Waals surface area contributed by atoms with Gasteiger partial charge in [0, 0.05) is 47.4 Å². The van der Waals surface area contributed by atoms with Crippen LogP contribution in [0, 0.1) is 0 Å². The van der Waals surface area contributed by atoms with Gasteiger partial charge >= 0.3 is 0 Å². The lowest BCUT2D eigenvalue weighted by Crippen LogP contribution is -2.23. The zero-order valence-electron chi connectivity index (χ0n) is 18.0. The van der Waals surface area contributed by atoms with E-state index < -0.39 is 5.91 Å². The van der Waals surface area contributed by atoms with Gasteiger partial charge in [0.1, 0.15) is 5.82 Å². The summed E-state index contributed by atoms with van der Waals surface area (Å²) in [5.41, 5.74) is 8.53. The van der Waals surface area contributed by atoms with Gasteiger partial charge in [0.2, 0.25) is 0 Å². The lowest BCUT2D eigenvalue weighted by molar-refractivity contribution is 0.0999. The van der Waals surface area contributed by atoms with Gasteiger partial charge in [-0.3, -0.25) is 9.59 Å². The van der Waals surface area contributed by atoms with Gasteiger partial charge in [-0.15, -0.1) is 0 Å². The van der Waals surface area contributed by atoms with Gasteiger partial charge in [0.25, 0.3) is 5.91 Å². The van der Waals surface area contributed by atoms with Crippen molar-refractivity contribution in [3.63, 3.8) is 0 Å². The van der Waals surface area contributed by atoms with Crippen LogP contribution in [0.2, 0.25) is 5.02 Å². The van der Waals surface area contributed by atoms with E-state index in [-0.39, 0.29) is 11.8 Å². The molecule has 0 spiro atoms. The van der Waals surface area contributed by atoms with Gasteiger partial charge < -0.3 is 15.2 Å². The Morgan fingerprint density at radius 2 is 1.79 bits per heavy atom. The van der Waals surface area contributed by atoms with Gasteiger partial charge in [-0.1, -0.05) is 29.8 Å². The molecule has 1 aliphatic rings. The number of carbonyl (C=O) groups is 1. The fraction of sp³-hybridized carbons (Fsp3) is 0.192. The highest BCUT2D eigenvalue weighted by Crippen LogP contribution is 2.24. The Kier molecular flexibility index (Phi) is 5.60. The molecule has 1 aliphatic heterocycles. The van der Waals surface area contributed by atoms with E-state index in [2.05, 4.69) is 4.90 Å². The molecule has 1 fully saturated rings. The third kappa shape index (κ3) is 4.10. The maximum Gasteiger partial charge on any atom is 0.250 e. The van der Waals surface area contributed by atoms with Crippen LogP contribution in [-0.4, -0.2) is 28.5 Å². The molecule has 33 heavy (non-hydrogen) atoms. The summed E-state index contributed by atoms with van der Waals surface area (Å²) in [6.45, 7) is 1.86. The smallest absolute Gasteiger partial charge is 0.250 e. The largest absolute Gasteiger partial charge is 0.366 e. The van der Waals surface area contributed by atoms with Gasteiger partial charge in [-0.05, 0) is 55.3 Å². The van der Waals surface area contributed by atoms with Crippen molar-refractivity contribution in [1.29, 1.82) is 0 Å². The first-order chi connectivity index (χ1) is 16.0. The molecule has 0 unspecified atom stereocenters. The molecule has 6 nitrogen and oxygen atoms in total. The number of hydrogen-bond donors (Lipinski definition) is 1. The normalized spacial score (nSPS) is 13.5. The van der Waals surface area contributed by atoms with Crippen molar-refractivity contribution in [3.05, 3.63) is 98.9 Å². The molecule has 0 bridgehead atoms. The van der Waals surface area contributed by atoms with Crippen LogP contribution in [0.5, 0.6) is 0 Å². The monoisotopic (exact) mass is 458 g/mol. The highest BCUT2D eigenvalue weighted by atomic mass is 35.5. The number of nitrogens with two attached hydrogens (primary N) is 1. The number of nitrogens with zero attached hydrogens (tertiary/aromatic N) is 3. The summed E-state index contributed by atoms with van der Waals surface area (Å²) >= 11 is 6.25. The number of carbonyl (C=O) groups excluding carboxylic acids is 1. The summed E-state index contributed by atoms with van der Waals surface area (Å²) in [5.74, 6) is 0.255. The highest BCUT2D eigenvalue weighted by molar-refractivity contribution is 6.31. The average Bonchev–Trinajstić information content (AvgIpc) is 3.36. The van der Waals surface area contributed by atoms with Crippen molar-refractivity contribution in [2.24, 2.45) is 5.73 Å². The molecule has 2 aromatic carbocycles. The SMILES string of the molecule is NC(=O)c1ccc(N2CCCC2)nc1Cc1cn(-c2ccccc2)c2cc(Cl)ccc2c1=O. The number of amides is 1. The van der Waals surface area contributed by atoms with Crippen LogP contribution in [-0.2, 0) is 6.42 Å². The molecule has 0 atom stereocenters. The zero-order valence-corrected chi connectivity index (χ0v) is 18.8. The van der Waals surface area contributed by atoms with Gasteiger partial charge in [-0.2, -0.15) is 0 Å². The Bertz CT molecular complexity index is 1410. The van der Waals surface area contributed by atoms with Crippen LogP contribution in [0.3, 0.4) is 0 Å². The number of benzene rings is 2. The van der Waals surface area contributed by atoms with Crippen LogP contribution in [0.25, 0.3) is 16.6 Å². The predicted molar refractivity (Wildman–Crippen MR) is 132 cm³/mol. The molecule has 0 saturated carbocycles. The minimum atomic E-state index is -0.554. The lowest BCUT2D eigenvalue weighted by Gasteiger charge is -2.19. The zero-order chi connectivity index (χ0) is 22.9. The fourth-order valence-electron chi connectivity index (χ4n) is 4.43. The summed E-state index contributed by atoms with van der Waals surface area (Å²) in [5, 5.41) is 1.10. The number of rotatable bonds is 5. The molecule has 3 heterocycles. The summed E-state index contributed by atoms with van der Waals surface area (Å²) in [6, 6.07) is 18.5. The molecule has 2 aromatic heterocycles. The third-order valence-electron chi connectivity index (χ3n) is 6.09. The molecule has 1 amide bonds. The quantitative estimate of drug-likeness (QED) is 0.482. The van der Waals surface area contributed by atoms with E-state index in [1.807, 2.05) is 47.2 Å². The number of aromatic nitrogens is 2. The molecular weight excluding hydrogens is 436 g/mol. The number of pyridine rings is 2. The first-order valence-electron chi connectivity index (χ1n) is 10.9. The van der Waals surface area contributed by atoms with E-state index in [1.54, 1.807) is 24.3 Å². The predicted octanol–water partition coefficient (Wildman–Crippen LogP) is 4.33. The second kappa shape index (κ2) is 8.71. The number of anilines is 1. The second-order valence-corrected chi connectivity index (χ2v) is 8.69. The van der Waals surface area contributed by atoms with E-state index in [0.29, 0.717) is 27.2 Å². The molecule has 0 aliphatic carbocycles. The molecule has 2 N–H and O–H groups in total. The van der Waals surface area contributed by atoms with E-state index in [0.717, 1.165) is 43.0 Å². The standard InChI is InChI=1S/C26H23ClN4O2/c27-18-8-9-21-23(15-18)31(19-6-2-1-3-7-19)16-17(25(21)32)14-22-20(26(28)33)10-11-24(29-22)30-12-4-5-13-30/h1-3,6-11,15-16H,4-5,12-14H2,(H2,28,33). The number of halogens is 1. The van der Waals surface area contributed by atoms with Crippen LogP contribution in [0.1, 0.15) is 34.5 Å². The maximum atomic E-state index is 13.4. The first kappa shape index (κ1) is 21.2. The van der Waals surface area contributed by atoms with Crippen molar-refractivity contribution < 1.29 is 4.79 Å². The highest BCUT2D eigenvalue weighted by Gasteiger charge is 2.19. The van der Waals surface area contributed by atoms with Crippen molar-refractivity contribution in [2.45, 2.75) is 19.3 Å². The molecule has 1 saturated heterocycles. The number of primary amides is 1. The summed E-state index contributed by atoms with van der Waals surface area (Å²) in [4.78, 5) is 32.5. The lowest BCUT2D eigenvalue weighted by atomic mass is 10.0. The Hall–Kier alpha value is -3.64. The second-order valence-electron chi connectivity index (χ2n) is 8.25. The summed E-state index contributed by atoms with van der Waals surface area (Å²) < 4.78 is 1.95. The topological polar surface area (TPSA) is 81.2 Å². The van der Waals surface area contributed by atoms with Gasteiger partial charge in [-0.25, -0.2) is 4.98 Å². The average molecular weight is 459 g/mol. The molecule has 7 heteroatoms. The minimum Gasteiger partial charge on any atom is -0.366 e. The van der Waals surface area contributed by atoms with Crippen LogP contribution >= 0.6 is 11.6 Å².